The van der Waals surface area contributed by atoms with E-state index in [0.717, 1.165) is 24.9 Å². The number of aryl methyl sites for hydroxylation is 1. The van der Waals surface area contributed by atoms with E-state index >= 15 is 0 Å². The molecule has 1 heterocycles. The first-order valence-corrected chi connectivity index (χ1v) is 7.77. The number of likely N-dealkylation sites (tertiary alicyclic amines) is 1. The minimum Gasteiger partial charge on any atom is -0.507 e. The molecule has 20 heavy (non-hydrogen) atoms. The summed E-state index contributed by atoms with van der Waals surface area (Å²) in [5.74, 6) is 0.798. The van der Waals surface area contributed by atoms with Crippen LogP contribution in [0.4, 0.5) is 0 Å². The lowest BCUT2D eigenvalue weighted by molar-refractivity contribution is 0.0686. The molecule has 1 aromatic rings. The largest absolute Gasteiger partial charge is 0.507 e. The van der Waals surface area contributed by atoms with Crippen LogP contribution in [0.5, 0.6) is 5.75 Å². The van der Waals surface area contributed by atoms with Gasteiger partial charge in [-0.15, -0.1) is 0 Å². The number of benzene rings is 1. The zero-order chi connectivity index (χ0) is 14.1. The molecule has 1 N–H and O–H groups in total. The van der Waals surface area contributed by atoms with E-state index in [4.69, 9.17) is 0 Å². The third-order valence-corrected chi connectivity index (χ3v) is 4.89. The number of rotatable bonds is 2. The maximum atomic E-state index is 12.8. The van der Waals surface area contributed by atoms with Gasteiger partial charge in [0.15, 0.2) is 0 Å². The highest BCUT2D eigenvalue weighted by Gasteiger charge is 2.36. The molecule has 108 valence electrons. The summed E-state index contributed by atoms with van der Waals surface area (Å²) < 4.78 is 0. The molecule has 3 rings (SSSR count). The second kappa shape index (κ2) is 5.47. The van der Waals surface area contributed by atoms with Crippen LogP contribution in [0.25, 0.3) is 0 Å². The summed E-state index contributed by atoms with van der Waals surface area (Å²) in [6.45, 7) is 2.79. The Balaban J connectivity index is 1.83. The van der Waals surface area contributed by atoms with E-state index in [9.17, 15) is 9.90 Å². The number of aromatic hydroxyl groups is 1. The minimum atomic E-state index is 0.0144. The highest BCUT2D eigenvalue weighted by atomic mass is 16.3. The molecule has 1 unspecified atom stereocenters. The molecule has 1 aliphatic heterocycles. The number of phenolic OH excluding ortho intramolecular Hbond substituents is 1. The number of phenols is 1. The van der Waals surface area contributed by atoms with Crippen LogP contribution in [0.15, 0.2) is 18.2 Å². The summed E-state index contributed by atoms with van der Waals surface area (Å²) >= 11 is 0. The Kier molecular flexibility index (Phi) is 3.68. The van der Waals surface area contributed by atoms with Crippen LogP contribution in [0.1, 0.15) is 54.4 Å². The third kappa shape index (κ3) is 2.41. The van der Waals surface area contributed by atoms with Crippen molar-refractivity contribution in [3.05, 3.63) is 29.3 Å². The summed E-state index contributed by atoms with van der Waals surface area (Å²) in [4.78, 5) is 14.8. The van der Waals surface area contributed by atoms with Gasteiger partial charge in [0.1, 0.15) is 5.75 Å². The van der Waals surface area contributed by atoms with Crippen LogP contribution in [-0.2, 0) is 0 Å². The predicted octanol–water partition coefficient (Wildman–Crippen LogP) is 3.50. The predicted molar refractivity (Wildman–Crippen MR) is 78.9 cm³/mol. The molecule has 1 amide bonds. The van der Waals surface area contributed by atoms with Crippen LogP contribution >= 0.6 is 0 Å². The molecule has 1 aliphatic carbocycles. The average molecular weight is 273 g/mol. The van der Waals surface area contributed by atoms with Crippen LogP contribution < -0.4 is 0 Å². The van der Waals surface area contributed by atoms with E-state index in [1.54, 1.807) is 6.07 Å². The standard InChI is InChI=1S/C17H23NO2/c1-12-8-9-16(19)14(11-12)17(20)18-10-4-7-15(18)13-5-2-3-6-13/h8-9,11,13,15,19H,2-7,10H2,1H3. The number of carbonyl (C=O) groups is 1. The zero-order valence-corrected chi connectivity index (χ0v) is 12.1. The molecule has 3 nitrogen and oxygen atoms in total. The number of hydrogen-bond acceptors (Lipinski definition) is 2. The first-order valence-electron chi connectivity index (χ1n) is 7.77. The maximum absolute atomic E-state index is 12.8. The lowest BCUT2D eigenvalue weighted by Gasteiger charge is -2.29. The topological polar surface area (TPSA) is 40.5 Å². The maximum Gasteiger partial charge on any atom is 0.257 e. The molecule has 2 aliphatic rings. The first kappa shape index (κ1) is 13.5. The molecule has 0 spiro atoms. The molecular formula is C17H23NO2. The van der Waals surface area contributed by atoms with Crippen LogP contribution in [0.3, 0.4) is 0 Å². The second-order valence-electron chi connectivity index (χ2n) is 6.27. The van der Waals surface area contributed by atoms with Gasteiger partial charge in [-0.3, -0.25) is 4.79 Å². The van der Waals surface area contributed by atoms with Crippen LogP contribution in [-0.4, -0.2) is 28.5 Å². The van der Waals surface area contributed by atoms with Gasteiger partial charge in [0.25, 0.3) is 5.91 Å². The van der Waals surface area contributed by atoms with Gasteiger partial charge in [0, 0.05) is 12.6 Å². The Bertz CT molecular complexity index is 506. The molecule has 2 fully saturated rings. The van der Waals surface area contributed by atoms with Crippen molar-refractivity contribution in [3.8, 4) is 5.75 Å². The van der Waals surface area contributed by atoms with E-state index in [0.29, 0.717) is 17.5 Å². The number of nitrogens with zero attached hydrogens (tertiary/aromatic N) is 1. The van der Waals surface area contributed by atoms with Crippen LogP contribution in [0.2, 0.25) is 0 Å². The number of amides is 1. The third-order valence-electron chi connectivity index (χ3n) is 4.89. The minimum absolute atomic E-state index is 0.0144. The summed E-state index contributed by atoms with van der Waals surface area (Å²) in [5.41, 5.74) is 1.48. The summed E-state index contributed by atoms with van der Waals surface area (Å²) in [6.07, 6.45) is 7.35. The van der Waals surface area contributed by atoms with Crippen molar-refractivity contribution >= 4 is 5.91 Å². The Labute approximate surface area is 120 Å². The van der Waals surface area contributed by atoms with Crippen molar-refractivity contribution in [2.45, 2.75) is 51.5 Å². The summed E-state index contributed by atoms with van der Waals surface area (Å²) in [5, 5.41) is 9.97. The SMILES string of the molecule is Cc1ccc(O)c(C(=O)N2CCCC2C2CCCC2)c1. The van der Waals surface area contributed by atoms with Gasteiger partial charge in [-0.2, -0.15) is 0 Å². The second-order valence-corrected chi connectivity index (χ2v) is 6.27. The molecule has 1 saturated heterocycles. The van der Waals surface area contributed by atoms with Crippen molar-refractivity contribution in [2.24, 2.45) is 5.92 Å². The van der Waals surface area contributed by atoms with Gasteiger partial charge in [0.05, 0.1) is 5.56 Å². The highest BCUT2D eigenvalue weighted by Crippen LogP contribution is 2.36. The monoisotopic (exact) mass is 273 g/mol. The molecule has 0 radical (unpaired) electrons. The molecule has 0 aromatic heterocycles. The van der Waals surface area contributed by atoms with Gasteiger partial charge < -0.3 is 10.0 Å². The van der Waals surface area contributed by atoms with Crippen molar-refractivity contribution < 1.29 is 9.90 Å². The Morgan fingerprint density at radius 1 is 1.20 bits per heavy atom. The van der Waals surface area contributed by atoms with E-state index < -0.39 is 0 Å². The first-order chi connectivity index (χ1) is 9.66. The van der Waals surface area contributed by atoms with Gasteiger partial charge >= 0.3 is 0 Å². The fourth-order valence-electron chi connectivity index (χ4n) is 3.85. The van der Waals surface area contributed by atoms with E-state index in [1.807, 2.05) is 24.0 Å². The quantitative estimate of drug-likeness (QED) is 0.896. The lowest BCUT2D eigenvalue weighted by atomic mass is 9.95. The Hall–Kier alpha value is -1.51. The van der Waals surface area contributed by atoms with Gasteiger partial charge in [0.2, 0.25) is 0 Å². The van der Waals surface area contributed by atoms with Crippen LogP contribution in [0, 0.1) is 12.8 Å². The Morgan fingerprint density at radius 2 is 1.95 bits per heavy atom. The van der Waals surface area contributed by atoms with Crippen molar-refractivity contribution in [2.75, 3.05) is 6.54 Å². The zero-order valence-electron chi connectivity index (χ0n) is 12.1. The van der Waals surface area contributed by atoms with E-state index in [-0.39, 0.29) is 11.7 Å². The molecule has 3 heteroatoms. The summed E-state index contributed by atoms with van der Waals surface area (Å²) in [7, 11) is 0. The highest BCUT2D eigenvalue weighted by molar-refractivity contribution is 5.97. The fourth-order valence-corrected chi connectivity index (χ4v) is 3.85. The van der Waals surface area contributed by atoms with Gasteiger partial charge in [-0.25, -0.2) is 0 Å². The van der Waals surface area contributed by atoms with E-state index in [1.165, 1.54) is 25.7 Å². The number of carbonyl (C=O) groups excluding carboxylic acids is 1. The lowest BCUT2D eigenvalue weighted by Crippen LogP contribution is -2.39. The molecule has 1 saturated carbocycles. The van der Waals surface area contributed by atoms with Crippen molar-refractivity contribution in [3.63, 3.8) is 0 Å². The van der Waals surface area contributed by atoms with Crippen molar-refractivity contribution in [1.29, 1.82) is 0 Å². The molecular weight excluding hydrogens is 250 g/mol. The summed E-state index contributed by atoms with van der Waals surface area (Å²) in [6, 6.07) is 5.67. The molecule has 0 bridgehead atoms. The fraction of sp³-hybridized carbons (Fsp3) is 0.588. The van der Waals surface area contributed by atoms with Gasteiger partial charge in [-0.05, 0) is 50.7 Å². The number of hydrogen-bond donors (Lipinski definition) is 1. The van der Waals surface area contributed by atoms with E-state index in [2.05, 4.69) is 0 Å². The molecule has 1 atom stereocenters. The van der Waals surface area contributed by atoms with Crippen molar-refractivity contribution in [1.82, 2.24) is 4.90 Å². The van der Waals surface area contributed by atoms with Gasteiger partial charge in [-0.1, -0.05) is 24.5 Å². The normalized spacial score (nSPS) is 23.4. The average Bonchev–Trinajstić information content (AvgIpc) is 3.10. The smallest absolute Gasteiger partial charge is 0.257 e. The molecule has 1 aromatic carbocycles. The Morgan fingerprint density at radius 3 is 2.70 bits per heavy atom.